The molecular formula is C12H21NO2S. The van der Waals surface area contributed by atoms with E-state index >= 15 is 0 Å². The first-order valence-electron chi connectivity index (χ1n) is 5.79. The second-order valence-electron chi connectivity index (χ2n) is 4.44. The van der Waals surface area contributed by atoms with Gasteiger partial charge in [0.1, 0.15) is 6.04 Å². The molecule has 2 aliphatic carbocycles. The number of hydrogen-bond acceptors (Lipinski definition) is 3. The predicted molar refractivity (Wildman–Crippen MR) is 68.6 cm³/mol. The maximum atomic E-state index is 10.1. The number of carboxylic acid groups (broad SMARTS) is 1. The molecule has 0 spiro atoms. The largest absolute Gasteiger partial charge is 0.480 e. The van der Waals surface area contributed by atoms with Crippen LogP contribution in [0.2, 0.25) is 0 Å². The van der Waals surface area contributed by atoms with E-state index in [4.69, 9.17) is 10.8 Å². The van der Waals surface area contributed by atoms with Gasteiger partial charge in [-0.05, 0) is 49.5 Å². The Labute approximate surface area is 101 Å². The molecule has 92 valence electrons. The van der Waals surface area contributed by atoms with Gasteiger partial charge >= 0.3 is 5.97 Å². The molecule has 3 N–H and O–H groups in total. The standard InChI is InChI=1S/C7H10.C5H11NO2S/c1-2-7-4-3-6(1)5-7;1-9-3-2-4(6)5(7)8/h1-2,6-7H,3-5H2;4H,2-3,6H2,1H3,(H,7,8). The zero-order valence-electron chi connectivity index (χ0n) is 9.76. The van der Waals surface area contributed by atoms with Crippen molar-refractivity contribution in [3.05, 3.63) is 12.2 Å². The van der Waals surface area contributed by atoms with Gasteiger partial charge in [-0.2, -0.15) is 11.8 Å². The van der Waals surface area contributed by atoms with Crippen LogP contribution in [0.15, 0.2) is 12.2 Å². The Hall–Kier alpha value is -0.480. The van der Waals surface area contributed by atoms with E-state index in [2.05, 4.69) is 12.2 Å². The van der Waals surface area contributed by atoms with Crippen molar-refractivity contribution in [3.63, 3.8) is 0 Å². The van der Waals surface area contributed by atoms with Crippen molar-refractivity contribution < 1.29 is 9.90 Å². The summed E-state index contributed by atoms with van der Waals surface area (Å²) in [5.74, 6) is 1.88. The molecule has 16 heavy (non-hydrogen) atoms. The van der Waals surface area contributed by atoms with Crippen LogP contribution >= 0.6 is 11.8 Å². The minimum absolute atomic E-state index is 0.552. The van der Waals surface area contributed by atoms with Crippen LogP contribution < -0.4 is 5.73 Å². The monoisotopic (exact) mass is 243 g/mol. The van der Waals surface area contributed by atoms with Crippen LogP contribution in [0, 0.1) is 11.8 Å². The van der Waals surface area contributed by atoms with Gasteiger partial charge in [-0.1, -0.05) is 12.2 Å². The van der Waals surface area contributed by atoms with Crippen molar-refractivity contribution in [1.29, 1.82) is 0 Å². The molecule has 4 heteroatoms. The third kappa shape index (κ3) is 4.58. The quantitative estimate of drug-likeness (QED) is 0.742. The average Bonchev–Trinajstić information content (AvgIpc) is 2.90. The van der Waals surface area contributed by atoms with E-state index in [1.165, 1.54) is 19.3 Å². The van der Waals surface area contributed by atoms with Gasteiger partial charge in [-0.15, -0.1) is 0 Å². The number of thioether (sulfide) groups is 1. The maximum Gasteiger partial charge on any atom is 0.320 e. The Bertz CT molecular complexity index is 243. The van der Waals surface area contributed by atoms with Crippen LogP contribution in [0.5, 0.6) is 0 Å². The van der Waals surface area contributed by atoms with E-state index in [1.54, 1.807) is 11.8 Å². The van der Waals surface area contributed by atoms with Crippen molar-refractivity contribution >= 4 is 17.7 Å². The summed E-state index contributed by atoms with van der Waals surface area (Å²) in [6.07, 6.45) is 11.7. The molecule has 0 aromatic rings. The predicted octanol–water partition coefficient (Wildman–Crippen LogP) is 2.12. The molecule has 3 unspecified atom stereocenters. The highest BCUT2D eigenvalue weighted by atomic mass is 32.2. The first-order chi connectivity index (χ1) is 7.63. The second-order valence-corrected chi connectivity index (χ2v) is 5.43. The molecule has 0 aliphatic heterocycles. The highest BCUT2D eigenvalue weighted by Crippen LogP contribution is 2.38. The van der Waals surface area contributed by atoms with Crippen molar-refractivity contribution in [2.24, 2.45) is 17.6 Å². The van der Waals surface area contributed by atoms with E-state index in [9.17, 15) is 4.79 Å². The summed E-state index contributed by atoms with van der Waals surface area (Å²) in [4.78, 5) is 10.1. The number of allylic oxidation sites excluding steroid dienone is 2. The first kappa shape index (κ1) is 13.6. The number of hydrogen-bond donors (Lipinski definition) is 2. The first-order valence-corrected chi connectivity index (χ1v) is 7.18. The third-order valence-electron chi connectivity index (χ3n) is 3.12. The molecule has 0 aromatic carbocycles. The molecular weight excluding hydrogens is 222 g/mol. The van der Waals surface area contributed by atoms with Gasteiger partial charge in [0, 0.05) is 0 Å². The van der Waals surface area contributed by atoms with Gasteiger partial charge in [0.05, 0.1) is 0 Å². The lowest BCUT2D eigenvalue weighted by Crippen LogP contribution is -2.30. The van der Waals surface area contributed by atoms with Crippen molar-refractivity contribution in [1.82, 2.24) is 0 Å². The number of carboxylic acids is 1. The van der Waals surface area contributed by atoms with Gasteiger partial charge < -0.3 is 10.8 Å². The van der Waals surface area contributed by atoms with Gasteiger partial charge in [-0.3, -0.25) is 4.79 Å². The molecule has 1 saturated carbocycles. The maximum absolute atomic E-state index is 10.1. The number of carbonyl (C=O) groups is 1. The molecule has 0 saturated heterocycles. The molecule has 2 aliphatic rings. The Morgan fingerprint density at radius 2 is 2.06 bits per heavy atom. The lowest BCUT2D eigenvalue weighted by atomic mass is 10.1. The zero-order valence-corrected chi connectivity index (χ0v) is 10.6. The molecule has 0 heterocycles. The topological polar surface area (TPSA) is 63.3 Å². The molecule has 2 rings (SSSR count). The van der Waals surface area contributed by atoms with Crippen LogP contribution in [0.3, 0.4) is 0 Å². The molecule has 3 atom stereocenters. The summed E-state index contributed by atoms with van der Waals surface area (Å²) in [6, 6.07) is -0.683. The molecule has 0 radical (unpaired) electrons. The van der Waals surface area contributed by atoms with Crippen molar-refractivity contribution in [3.8, 4) is 0 Å². The SMILES string of the molecule is C1=CC2CCC1C2.CSCCC(N)C(=O)O. The van der Waals surface area contributed by atoms with Crippen LogP contribution in [0.4, 0.5) is 0 Å². The molecule has 0 amide bonds. The van der Waals surface area contributed by atoms with E-state index in [-0.39, 0.29) is 0 Å². The van der Waals surface area contributed by atoms with Gasteiger partial charge in [-0.25, -0.2) is 0 Å². The van der Waals surface area contributed by atoms with Crippen LogP contribution in [-0.4, -0.2) is 29.1 Å². The van der Waals surface area contributed by atoms with E-state index in [0.29, 0.717) is 6.42 Å². The molecule has 0 aromatic heterocycles. The minimum Gasteiger partial charge on any atom is -0.480 e. The lowest BCUT2D eigenvalue weighted by molar-refractivity contribution is -0.138. The van der Waals surface area contributed by atoms with Crippen LogP contribution in [0.25, 0.3) is 0 Å². The number of rotatable bonds is 4. The van der Waals surface area contributed by atoms with Crippen molar-refractivity contribution in [2.75, 3.05) is 12.0 Å². The highest BCUT2D eigenvalue weighted by Gasteiger charge is 2.25. The smallest absolute Gasteiger partial charge is 0.320 e. The summed E-state index contributed by atoms with van der Waals surface area (Å²) in [7, 11) is 0. The Balaban J connectivity index is 0.000000163. The fourth-order valence-corrected chi connectivity index (χ4v) is 2.57. The van der Waals surface area contributed by atoms with E-state index in [0.717, 1.165) is 17.6 Å². The van der Waals surface area contributed by atoms with Crippen molar-refractivity contribution in [2.45, 2.75) is 31.7 Å². The Kier molecular flexibility index (Phi) is 5.91. The summed E-state index contributed by atoms with van der Waals surface area (Å²) < 4.78 is 0. The average molecular weight is 243 g/mol. The third-order valence-corrected chi connectivity index (χ3v) is 3.76. The summed E-state index contributed by atoms with van der Waals surface area (Å²) >= 11 is 1.60. The minimum atomic E-state index is -0.913. The lowest BCUT2D eigenvalue weighted by Gasteiger charge is -2.02. The fourth-order valence-electron chi connectivity index (χ4n) is 2.08. The number of nitrogens with two attached hydrogens (primary N) is 1. The molecule has 1 fully saturated rings. The summed E-state index contributed by atoms with van der Waals surface area (Å²) in [6.45, 7) is 0. The van der Waals surface area contributed by atoms with Gasteiger partial charge in [0.25, 0.3) is 0 Å². The normalized spacial score (nSPS) is 27.4. The zero-order chi connectivity index (χ0) is 12.0. The highest BCUT2D eigenvalue weighted by molar-refractivity contribution is 7.98. The Morgan fingerprint density at radius 1 is 1.50 bits per heavy atom. The summed E-state index contributed by atoms with van der Waals surface area (Å²) in [5.41, 5.74) is 5.19. The number of aliphatic carboxylic acids is 1. The Morgan fingerprint density at radius 3 is 2.31 bits per heavy atom. The second kappa shape index (κ2) is 6.97. The van der Waals surface area contributed by atoms with E-state index in [1.807, 2.05) is 6.26 Å². The van der Waals surface area contributed by atoms with Crippen LogP contribution in [0.1, 0.15) is 25.7 Å². The van der Waals surface area contributed by atoms with E-state index < -0.39 is 12.0 Å². The number of fused-ring (bicyclic) bond motifs is 2. The summed E-state index contributed by atoms with van der Waals surface area (Å²) in [5, 5.41) is 8.27. The van der Waals surface area contributed by atoms with Gasteiger partial charge in [0.2, 0.25) is 0 Å². The fraction of sp³-hybridized carbons (Fsp3) is 0.750. The van der Waals surface area contributed by atoms with Crippen LogP contribution in [-0.2, 0) is 4.79 Å². The van der Waals surface area contributed by atoms with Gasteiger partial charge in [0.15, 0.2) is 0 Å². The molecule has 3 nitrogen and oxygen atoms in total. The molecule has 2 bridgehead atoms.